The molecule has 2 amide bonds. The van der Waals surface area contributed by atoms with Gasteiger partial charge in [0, 0.05) is 15.7 Å². The van der Waals surface area contributed by atoms with Gasteiger partial charge in [-0.1, -0.05) is 15.9 Å². The number of fused-ring (bicyclic) bond motifs is 1. The van der Waals surface area contributed by atoms with Crippen molar-refractivity contribution in [2.45, 2.75) is 6.42 Å². The summed E-state index contributed by atoms with van der Waals surface area (Å²) in [6.07, 6.45) is 0.449. The van der Waals surface area contributed by atoms with Crippen LogP contribution in [-0.2, 0) is 20.7 Å². The summed E-state index contributed by atoms with van der Waals surface area (Å²) in [4.78, 5) is 35.8. The summed E-state index contributed by atoms with van der Waals surface area (Å²) in [7, 11) is 1.26. The minimum atomic E-state index is -0.511. The Morgan fingerprint density at radius 2 is 1.93 bits per heavy atom. The van der Waals surface area contributed by atoms with Crippen molar-refractivity contribution in [1.82, 2.24) is 5.32 Å². The van der Waals surface area contributed by atoms with Crippen molar-refractivity contribution in [2.24, 2.45) is 5.92 Å². The van der Waals surface area contributed by atoms with E-state index in [1.165, 1.54) is 7.11 Å². The SMILES string of the molecule is COC(=O)CNC(=O)[C@@H]1COc2ccc(NC(=O)c3ccc(Br)cc3)cc2C1. The maximum absolute atomic E-state index is 12.4. The number of esters is 1. The van der Waals surface area contributed by atoms with Gasteiger partial charge in [-0.3, -0.25) is 14.4 Å². The first kappa shape index (κ1) is 19.9. The molecular formula is C20H19BrN2O5. The summed E-state index contributed by atoms with van der Waals surface area (Å²) < 4.78 is 11.1. The van der Waals surface area contributed by atoms with Crippen LogP contribution in [0.15, 0.2) is 46.9 Å². The van der Waals surface area contributed by atoms with Crippen LogP contribution in [0.4, 0.5) is 5.69 Å². The third-order valence-corrected chi connectivity index (χ3v) is 4.87. The zero-order chi connectivity index (χ0) is 20.1. The molecule has 0 radical (unpaired) electrons. The molecule has 7 nitrogen and oxygen atoms in total. The predicted molar refractivity (Wildman–Crippen MR) is 106 cm³/mol. The summed E-state index contributed by atoms with van der Waals surface area (Å²) >= 11 is 3.34. The standard InChI is InChI=1S/C20H19BrN2O5/c1-27-18(24)10-22-19(25)14-8-13-9-16(6-7-17(13)28-11-14)23-20(26)12-2-4-15(21)5-3-12/h2-7,9,14H,8,10-11H2,1H3,(H,22,25)(H,23,26)/t14-/m0/s1. The highest BCUT2D eigenvalue weighted by Crippen LogP contribution is 2.30. The average molecular weight is 447 g/mol. The number of anilines is 1. The number of halogens is 1. The molecule has 1 heterocycles. The van der Waals surface area contributed by atoms with Crippen molar-refractivity contribution in [3.63, 3.8) is 0 Å². The molecule has 1 aliphatic heterocycles. The van der Waals surface area contributed by atoms with Crippen molar-refractivity contribution in [2.75, 3.05) is 25.6 Å². The molecule has 0 bridgehead atoms. The number of benzene rings is 2. The minimum absolute atomic E-state index is 0.179. The Balaban J connectivity index is 1.65. The van der Waals surface area contributed by atoms with Crippen LogP contribution in [0.3, 0.4) is 0 Å². The number of carbonyl (C=O) groups is 3. The maximum atomic E-state index is 12.4. The number of amides is 2. The maximum Gasteiger partial charge on any atom is 0.325 e. The van der Waals surface area contributed by atoms with Gasteiger partial charge >= 0.3 is 5.97 Å². The molecule has 146 valence electrons. The second-order valence-corrected chi connectivity index (χ2v) is 7.21. The van der Waals surface area contributed by atoms with E-state index in [2.05, 4.69) is 31.3 Å². The first-order valence-corrected chi connectivity index (χ1v) is 9.42. The molecule has 2 aromatic carbocycles. The van der Waals surface area contributed by atoms with Gasteiger partial charge in [0.15, 0.2) is 0 Å². The van der Waals surface area contributed by atoms with E-state index in [0.29, 0.717) is 23.4 Å². The first-order chi connectivity index (χ1) is 13.5. The van der Waals surface area contributed by atoms with Crippen molar-refractivity contribution in [3.05, 3.63) is 58.1 Å². The molecule has 0 unspecified atom stereocenters. The Morgan fingerprint density at radius 3 is 2.64 bits per heavy atom. The molecule has 2 N–H and O–H groups in total. The molecule has 3 rings (SSSR count). The van der Waals surface area contributed by atoms with E-state index in [0.717, 1.165) is 10.0 Å². The largest absolute Gasteiger partial charge is 0.492 e. The fraction of sp³-hybridized carbons (Fsp3) is 0.250. The van der Waals surface area contributed by atoms with Gasteiger partial charge in [0.25, 0.3) is 5.91 Å². The van der Waals surface area contributed by atoms with E-state index in [4.69, 9.17) is 4.74 Å². The number of rotatable bonds is 5. The van der Waals surface area contributed by atoms with Crippen molar-refractivity contribution >= 4 is 39.4 Å². The van der Waals surface area contributed by atoms with Crippen LogP contribution in [0.5, 0.6) is 5.75 Å². The van der Waals surface area contributed by atoms with Crippen LogP contribution in [0, 0.1) is 5.92 Å². The lowest BCUT2D eigenvalue weighted by molar-refractivity contribution is -0.141. The number of hydrogen-bond acceptors (Lipinski definition) is 5. The molecule has 1 atom stereocenters. The van der Waals surface area contributed by atoms with Gasteiger partial charge < -0.3 is 20.1 Å². The number of nitrogens with one attached hydrogen (secondary N) is 2. The van der Waals surface area contributed by atoms with Crippen LogP contribution < -0.4 is 15.4 Å². The highest BCUT2D eigenvalue weighted by molar-refractivity contribution is 9.10. The van der Waals surface area contributed by atoms with E-state index in [1.54, 1.807) is 42.5 Å². The highest BCUT2D eigenvalue weighted by Gasteiger charge is 2.26. The van der Waals surface area contributed by atoms with E-state index in [1.807, 2.05) is 0 Å². The van der Waals surface area contributed by atoms with E-state index in [9.17, 15) is 14.4 Å². The van der Waals surface area contributed by atoms with E-state index < -0.39 is 11.9 Å². The molecular weight excluding hydrogens is 428 g/mol. The Bertz CT molecular complexity index is 898. The van der Waals surface area contributed by atoms with Gasteiger partial charge in [-0.15, -0.1) is 0 Å². The summed E-state index contributed by atoms with van der Waals surface area (Å²) in [5.74, 6) is -0.756. The van der Waals surface area contributed by atoms with Crippen LogP contribution in [0.1, 0.15) is 15.9 Å². The zero-order valence-corrected chi connectivity index (χ0v) is 16.7. The Kier molecular flexibility index (Phi) is 6.30. The second kappa shape index (κ2) is 8.88. The Morgan fingerprint density at radius 1 is 1.18 bits per heavy atom. The van der Waals surface area contributed by atoms with Crippen LogP contribution in [-0.4, -0.2) is 38.0 Å². The first-order valence-electron chi connectivity index (χ1n) is 8.63. The Hall–Kier alpha value is -2.87. The molecule has 2 aromatic rings. The molecule has 28 heavy (non-hydrogen) atoms. The molecule has 1 aliphatic rings. The second-order valence-electron chi connectivity index (χ2n) is 6.29. The van der Waals surface area contributed by atoms with E-state index in [-0.39, 0.29) is 25.0 Å². The molecule has 0 aliphatic carbocycles. The molecule has 0 saturated carbocycles. The van der Waals surface area contributed by atoms with Crippen molar-refractivity contribution in [3.8, 4) is 5.75 Å². The van der Waals surface area contributed by atoms with E-state index >= 15 is 0 Å². The minimum Gasteiger partial charge on any atom is -0.492 e. The van der Waals surface area contributed by atoms with Gasteiger partial charge in [-0.05, 0) is 54.4 Å². The topological polar surface area (TPSA) is 93.7 Å². The molecule has 0 spiro atoms. The lowest BCUT2D eigenvalue weighted by Crippen LogP contribution is -2.39. The number of carbonyl (C=O) groups excluding carboxylic acids is 3. The van der Waals surface area contributed by atoms with Crippen molar-refractivity contribution < 1.29 is 23.9 Å². The zero-order valence-electron chi connectivity index (χ0n) is 15.2. The van der Waals surface area contributed by atoms with Crippen LogP contribution >= 0.6 is 15.9 Å². The van der Waals surface area contributed by atoms with Gasteiger partial charge in [-0.25, -0.2) is 0 Å². The highest BCUT2D eigenvalue weighted by atomic mass is 79.9. The number of methoxy groups -OCH3 is 1. The molecule has 8 heteroatoms. The van der Waals surface area contributed by atoms with Crippen LogP contribution in [0.2, 0.25) is 0 Å². The molecule has 0 saturated heterocycles. The van der Waals surface area contributed by atoms with Crippen LogP contribution in [0.25, 0.3) is 0 Å². The molecule has 0 aromatic heterocycles. The number of ether oxygens (including phenoxy) is 2. The van der Waals surface area contributed by atoms with Gasteiger partial charge in [-0.2, -0.15) is 0 Å². The van der Waals surface area contributed by atoms with Gasteiger partial charge in [0.05, 0.1) is 13.0 Å². The monoisotopic (exact) mass is 446 g/mol. The summed E-state index contributed by atoms with van der Waals surface area (Å²) in [6.45, 7) is 0.0482. The summed E-state index contributed by atoms with van der Waals surface area (Å²) in [6, 6.07) is 12.4. The number of hydrogen-bond donors (Lipinski definition) is 2. The fourth-order valence-electron chi connectivity index (χ4n) is 2.82. The third kappa shape index (κ3) is 4.89. The van der Waals surface area contributed by atoms with Gasteiger partial charge in [0.2, 0.25) is 5.91 Å². The normalized spacial score (nSPS) is 15.0. The lowest BCUT2D eigenvalue weighted by Gasteiger charge is -2.25. The fourth-order valence-corrected chi connectivity index (χ4v) is 3.09. The predicted octanol–water partition coefficient (Wildman–Crippen LogP) is 2.54. The average Bonchev–Trinajstić information content (AvgIpc) is 2.71. The lowest BCUT2D eigenvalue weighted by atomic mass is 9.95. The summed E-state index contributed by atoms with van der Waals surface area (Å²) in [5, 5.41) is 5.39. The quantitative estimate of drug-likeness (QED) is 0.688. The van der Waals surface area contributed by atoms with Crippen molar-refractivity contribution in [1.29, 1.82) is 0 Å². The van der Waals surface area contributed by atoms with Gasteiger partial charge in [0.1, 0.15) is 18.9 Å². The smallest absolute Gasteiger partial charge is 0.325 e. The Labute approximate surface area is 170 Å². The summed E-state index contributed by atoms with van der Waals surface area (Å²) in [5.41, 5.74) is 1.97. The third-order valence-electron chi connectivity index (χ3n) is 4.34. The molecule has 0 fully saturated rings.